The third kappa shape index (κ3) is 29.6. The predicted molar refractivity (Wildman–Crippen MR) is 68.2 cm³/mol. The zero-order valence-corrected chi connectivity index (χ0v) is 14.7. The molecule has 2 N–H and O–H groups in total. The minimum Gasteiger partial charge on any atom is -0.481 e. The average Bonchev–Trinajstić information content (AvgIpc) is 2.25. The van der Waals surface area contributed by atoms with Crippen LogP contribution in [0.1, 0.15) is 71.6 Å². The largest absolute Gasteiger partial charge is 0.481 e. The Balaban J connectivity index is -0.000000238. The molecule has 0 unspecified atom stereocenters. The Morgan fingerprint density at radius 2 is 1.06 bits per heavy atom. The fourth-order valence-electron chi connectivity index (χ4n) is 1.23. The maximum absolute atomic E-state index is 9.96. The Labute approximate surface area is 123 Å². The van der Waals surface area contributed by atoms with Gasteiger partial charge in [0.1, 0.15) is 0 Å². The minimum atomic E-state index is -0.682. The van der Waals surface area contributed by atoms with Crippen LogP contribution in [-0.2, 0) is 29.1 Å². The second-order valence-corrected chi connectivity index (χ2v) is 4.06. The number of aliphatic carboxylic acids is 2. The van der Waals surface area contributed by atoms with E-state index in [1.807, 2.05) is 0 Å². The second kappa shape index (κ2) is 18.9. The first-order chi connectivity index (χ1) is 8.04. The molecular weight excluding hydrogens is 286 g/mol. The van der Waals surface area contributed by atoms with Crippen LogP contribution in [0.5, 0.6) is 0 Å². The van der Waals surface area contributed by atoms with Crippen LogP contribution in [0.25, 0.3) is 0 Å². The molecule has 0 atom stereocenters. The first-order valence-electron chi connectivity index (χ1n) is 6.48. The molecule has 0 aromatic carbocycles. The Kier molecular flexibility index (Phi) is 23.9. The Hall–Kier alpha value is -0.437. The van der Waals surface area contributed by atoms with Gasteiger partial charge in [-0.2, -0.15) is 0 Å². The number of hydrogen-bond acceptors (Lipinski definition) is 2. The van der Waals surface area contributed by atoms with Gasteiger partial charge in [0.2, 0.25) is 0 Å². The Morgan fingerprint density at radius 1 is 0.722 bits per heavy atom. The van der Waals surface area contributed by atoms with Crippen molar-refractivity contribution in [3.05, 3.63) is 0 Å². The smallest absolute Gasteiger partial charge is 0.303 e. The number of unbranched alkanes of at least 4 members (excludes halogenated alkanes) is 5. The van der Waals surface area contributed by atoms with Crippen molar-refractivity contribution in [1.29, 1.82) is 0 Å². The van der Waals surface area contributed by atoms with Crippen molar-refractivity contribution < 1.29 is 39.3 Å². The van der Waals surface area contributed by atoms with Crippen molar-refractivity contribution in [3.63, 3.8) is 0 Å². The number of carboxylic acids is 2. The molecule has 0 aromatic heterocycles. The van der Waals surface area contributed by atoms with E-state index in [-0.39, 0.29) is 19.5 Å². The van der Waals surface area contributed by atoms with Gasteiger partial charge in [-0.05, 0) is 12.8 Å². The molecule has 0 aliphatic rings. The first-order valence-corrected chi connectivity index (χ1v) is 6.48. The van der Waals surface area contributed by atoms with Crippen LogP contribution in [-0.4, -0.2) is 22.2 Å². The van der Waals surface area contributed by atoms with Crippen molar-refractivity contribution in [3.8, 4) is 0 Å². The Bertz CT molecular complexity index is 195. The van der Waals surface area contributed by atoms with Gasteiger partial charge < -0.3 is 10.2 Å². The molecule has 0 aromatic rings. The zero-order valence-electron chi connectivity index (χ0n) is 11.8. The second-order valence-electron chi connectivity index (χ2n) is 4.06. The van der Waals surface area contributed by atoms with Gasteiger partial charge in [-0.25, -0.2) is 0 Å². The van der Waals surface area contributed by atoms with Gasteiger partial charge in [0.15, 0.2) is 0 Å². The van der Waals surface area contributed by atoms with Gasteiger partial charge >= 0.3 is 11.9 Å². The summed E-state index contributed by atoms with van der Waals surface area (Å²) in [6.07, 6.45) is 7.83. The molecule has 0 amide bonds. The number of rotatable bonds is 9. The van der Waals surface area contributed by atoms with E-state index in [0.717, 1.165) is 38.5 Å². The monoisotopic (exact) mass is 310 g/mol. The molecule has 5 heteroatoms. The summed E-state index contributed by atoms with van der Waals surface area (Å²) in [6.45, 7) is 4.17. The standard InChI is InChI=1S/C7H14O2.C6H12O2.Zn/c1-2-3-4-5-6-7(8)9;1-2-3-4-5-6(7)8;/h2-6H2,1H3,(H,8,9);2-5H2,1H3,(H,7,8);. The van der Waals surface area contributed by atoms with Crippen LogP contribution in [0.4, 0.5) is 0 Å². The van der Waals surface area contributed by atoms with Gasteiger partial charge in [-0.1, -0.05) is 46.0 Å². The quantitative estimate of drug-likeness (QED) is 0.503. The average molecular weight is 312 g/mol. The van der Waals surface area contributed by atoms with Crippen LogP contribution < -0.4 is 0 Å². The van der Waals surface area contributed by atoms with Crippen LogP contribution in [0.2, 0.25) is 0 Å². The molecule has 0 radical (unpaired) electrons. The van der Waals surface area contributed by atoms with Crippen LogP contribution >= 0.6 is 0 Å². The zero-order chi connectivity index (χ0) is 13.5. The van der Waals surface area contributed by atoms with E-state index in [2.05, 4.69) is 13.8 Å². The molecule has 18 heavy (non-hydrogen) atoms. The summed E-state index contributed by atoms with van der Waals surface area (Å²) in [5.41, 5.74) is 0. The predicted octanol–water partition coefficient (Wildman–Crippen LogP) is 3.69. The van der Waals surface area contributed by atoms with Gasteiger partial charge in [0, 0.05) is 32.3 Å². The van der Waals surface area contributed by atoms with Crippen LogP contribution in [0, 0.1) is 0 Å². The third-order valence-corrected chi connectivity index (χ3v) is 2.24. The minimum absolute atomic E-state index is 0. The fourth-order valence-corrected chi connectivity index (χ4v) is 1.23. The molecule has 0 saturated heterocycles. The van der Waals surface area contributed by atoms with E-state index >= 15 is 0 Å². The van der Waals surface area contributed by atoms with Gasteiger partial charge in [-0.3, -0.25) is 9.59 Å². The SMILES string of the molecule is CCCCCC(=O)O.CCCCCCC(=O)O.[Zn]. The summed E-state index contributed by atoms with van der Waals surface area (Å²) < 4.78 is 0. The first kappa shape index (κ1) is 22.7. The van der Waals surface area contributed by atoms with E-state index < -0.39 is 11.9 Å². The number of carbonyl (C=O) groups is 2. The summed E-state index contributed by atoms with van der Waals surface area (Å²) in [7, 11) is 0. The molecule has 0 bridgehead atoms. The topological polar surface area (TPSA) is 74.6 Å². The van der Waals surface area contributed by atoms with Gasteiger partial charge in [0.05, 0.1) is 0 Å². The molecule has 0 aliphatic carbocycles. The molecule has 0 rings (SSSR count). The van der Waals surface area contributed by atoms with E-state index in [9.17, 15) is 9.59 Å². The van der Waals surface area contributed by atoms with Crippen LogP contribution in [0.15, 0.2) is 0 Å². The maximum Gasteiger partial charge on any atom is 0.303 e. The third-order valence-electron chi connectivity index (χ3n) is 2.24. The van der Waals surface area contributed by atoms with E-state index in [1.54, 1.807) is 0 Å². The molecular formula is C13H26O4Zn. The molecule has 0 saturated carbocycles. The Morgan fingerprint density at radius 3 is 1.39 bits per heavy atom. The fraction of sp³-hybridized carbons (Fsp3) is 0.846. The van der Waals surface area contributed by atoms with Crippen molar-refractivity contribution in [2.24, 2.45) is 0 Å². The van der Waals surface area contributed by atoms with Gasteiger partial charge in [0.25, 0.3) is 0 Å². The van der Waals surface area contributed by atoms with E-state index in [4.69, 9.17) is 10.2 Å². The van der Waals surface area contributed by atoms with Crippen molar-refractivity contribution >= 4 is 11.9 Å². The summed E-state index contributed by atoms with van der Waals surface area (Å²) in [6, 6.07) is 0. The van der Waals surface area contributed by atoms with E-state index in [0.29, 0.717) is 12.8 Å². The van der Waals surface area contributed by atoms with Gasteiger partial charge in [-0.15, -0.1) is 0 Å². The molecule has 0 spiro atoms. The van der Waals surface area contributed by atoms with Crippen molar-refractivity contribution in [2.75, 3.05) is 0 Å². The molecule has 104 valence electrons. The molecule has 0 fully saturated rings. The number of hydrogen-bond donors (Lipinski definition) is 2. The number of carboxylic acid groups (broad SMARTS) is 2. The molecule has 0 heterocycles. The molecule has 0 aliphatic heterocycles. The van der Waals surface area contributed by atoms with Crippen LogP contribution in [0.3, 0.4) is 0 Å². The maximum atomic E-state index is 9.96. The summed E-state index contributed by atoms with van der Waals surface area (Å²) >= 11 is 0. The van der Waals surface area contributed by atoms with E-state index in [1.165, 1.54) is 6.42 Å². The van der Waals surface area contributed by atoms with Crippen molar-refractivity contribution in [2.45, 2.75) is 71.6 Å². The van der Waals surface area contributed by atoms with Crippen molar-refractivity contribution in [1.82, 2.24) is 0 Å². The summed E-state index contributed by atoms with van der Waals surface area (Å²) in [5.74, 6) is -1.36. The summed E-state index contributed by atoms with van der Waals surface area (Å²) in [4.78, 5) is 19.8. The molecule has 4 nitrogen and oxygen atoms in total. The summed E-state index contributed by atoms with van der Waals surface area (Å²) in [5, 5.41) is 16.4. The normalized spacial score (nSPS) is 8.78.